The highest BCUT2D eigenvalue weighted by molar-refractivity contribution is 9.10. The molecule has 4 nitrogen and oxygen atoms in total. The second-order valence-electron chi connectivity index (χ2n) is 5.15. The summed E-state index contributed by atoms with van der Waals surface area (Å²) in [6.45, 7) is 2.39. The number of nitrogens with two attached hydrogens (primary N) is 1. The van der Waals surface area contributed by atoms with Crippen LogP contribution in [0.5, 0.6) is 0 Å². The van der Waals surface area contributed by atoms with Gasteiger partial charge in [-0.3, -0.25) is 4.99 Å². The first-order valence-electron chi connectivity index (χ1n) is 6.65. The van der Waals surface area contributed by atoms with Crippen LogP contribution in [0.1, 0.15) is 19.3 Å². The van der Waals surface area contributed by atoms with Gasteiger partial charge in [-0.25, -0.2) is 0 Å². The lowest BCUT2D eigenvalue weighted by molar-refractivity contribution is 0.140. The Morgan fingerprint density at radius 2 is 2.11 bits per heavy atom. The maximum Gasteiger partial charge on any atom is 0.196 e. The van der Waals surface area contributed by atoms with Crippen molar-refractivity contribution in [1.29, 1.82) is 0 Å². The third-order valence-corrected chi connectivity index (χ3v) is 4.65. The van der Waals surface area contributed by atoms with Crippen LogP contribution in [0.2, 0.25) is 0 Å². The smallest absolute Gasteiger partial charge is 0.196 e. The Morgan fingerprint density at radius 1 is 1.26 bits per heavy atom. The van der Waals surface area contributed by atoms with Crippen molar-refractivity contribution in [1.82, 2.24) is 0 Å². The van der Waals surface area contributed by atoms with Crippen molar-refractivity contribution in [3.63, 3.8) is 0 Å². The summed E-state index contributed by atoms with van der Waals surface area (Å²) < 4.78 is 6.66. The SMILES string of the molecule is NC1=NCC2(CCCOCC2)N1c1ccccc1Br. The largest absolute Gasteiger partial charge is 0.381 e. The summed E-state index contributed by atoms with van der Waals surface area (Å²) in [6, 6.07) is 8.18. The summed E-state index contributed by atoms with van der Waals surface area (Å²) in [4.78, 5) is 6.70. The first-order chi connectivity index (χ1) is 9.23. The first-order valence-corrected chi connectivity index (χ1v) is 7.45. The average molecular weight is 324 g/mol. The van der Waals surface area contributed by atoms with E-state index in [4.69, 9.17) is 10.5 Å². The van der Waals surface area contributed by atoms with Gasteiger partial charge in [0.1, 0.15) is 0 Å². The molecule has 1 aromatic rings. The van der Waals surface area contributed by atoms with Gasteiger partial charge in [0.15, 0.2) is 5.96 Å². The highest BCUT2D eigenvalue weighted by Crippen LogP contribution is 2.39. The Labute approximate surface area is 121 Å². The van der Waals surface area contributed by atoms with Crippen molar-refractivity contribution in [3.05, 3.63) is 28.7 Å². The molecule has 2 aliphatic rings. The van der Waals surface area contributed by atoms with Crippen LogP contribution in [0.15, 0.2) is 33.7 Å². The lowest BCUT2D eigenvalue weighted by Crippen LogP contribution is -2.52. The van der Waals surface area contributed by atoms with E-state index in [0.717, 1.165) is 49.2 Å². The van der Waals surface area contributed by atoms with Gasteiger partial charge in [-0.2, -0.15) is 0 Å². The number of para-hydroxylation sites is 1. The van der Waals surface area contributed by atoms with E-state index in [9.17, 15) is 0 Å². The van der Waals surface area contributed by atoms with E-state index in [1.807, 2.05) is 18.2 Å². The second kappa shape index (κ2) is 5.13. The zero-order valence-corrected chi connectivity index (χ0v) is 12.4. The molecule has 102 valence electrons. The van der Waals surface area contributed by atoms with Gasteiger partial charge in [-0.15, -0.1) is 0 Å². The van der Waals surface area contributed by atoms with Crippen molar-refractivity contribution in [2.75, 3.05) is 24.7 Å². The number of rotatable bonds is 1. The number of hydrogen-bond donors (Lipinski definition) is 1. The Bertz CT molecular complexity index is 495. The summed E-state index contributed by atoms with van der Waals surface area (Å²) in [5, 5.41) is 0. The molecular formula is C14H18BrN3O. The summed E-state index contributed by atoms with van der Waals surface area (Å²) >= 11 is 3.62. The van der Waals surface area contributed by atoms with Crippen molar-refractivity contribution >= 4 is 27.6 Å². The molecule has 0 aromatic heterocycles. The lowest BCUT2D eigenvalue weighted by Gasteiger charge is -2.38. The molecule has 19 heavy (non-hydrogen) atoms. The van der Waals surface area contributed by atoms with E-state index in [0.29, 0.717) is 5.96 Å². The lowest BCUT2D eigenvalue weighted by atomic mass is 9.89. The maximum atomic E-state index is 6.15. The van der Waals surface area contributed by atoms with Gasteiger partial charge in [-0.05, 0) is 47.3 Å². The molecule has 1 spiro atoms. The maximum absolute atomic E-state index is 6.15. The molecule has 3 rings (SSSR count). The molecule has 0 bridgehead atoms. The topological polar surface area (TPSA) is 50.9 Å². The number of anilines is 1. The number of benzene rings is 1. The molecule has 0 aliphatic carbocycles. The molecule has 0 amide bonds. The number of halogens is 1. The van der Waals surface area contributed by atoms with E-state index < -0.39 is 0 Å². The summed E-state index contributed by atoms with van der Waals surface area (Å²) in [7, 11) is 0. The minimum absolute atomic E-state index is 0.00947. The van der Waals surface area contributed by atoms with Crippen molar-refractivity contribution in [2.24, 2.45) is 10.7 Å². The third kappa shape index (κ3) is 2.25. The zero-order valence-electron chi connectivity index (χ0n) is 10.8. The number of aliphatic imine (C=N–C) groups is 1. The van der Waals surface area contributed by atoms with Crippen molar-refractivity contribution < 1.29 is 4.74 Å². The van der Waals surface area contributed by atoms with Crippen LogP contribution in [-0.4, -0.2) is 31.3 Å². The van der Waals surface area contributed by atoms with Crippen molar-refractivity contribution in [2.45, 2.75) is 24.8 Å². The Kier molecular flexibility index (Phi) is 3.50. The van der Waals surface area contributed by atoms with Crippen LogP contribution >= 0.6 is 15.9 Å². The standard InChI is InChI=1S/C14H18BrN3O/c15-11-4-1-2-5-12(11)18-13(16)17-10-14(18)6-3-8-19-9-7-14/h1-2,4-5H,3,6-10H2,(H2,16,17). The minimum atomic E-state index is -0.00947. The van der Waals surface area contributed by atoms with Crippen LogP contribution in [0.3, 0.4) is 0 Å². The second-order valence-corrected chi connectivity index (χ2v) is 6.01. The van der Waals surface area contributed by atoms with Crippen LogP contribution in [0.25, 0.3) is 0 Å². The van der Waals surface area contributed by atoms with Gasteiger partial charge < -0.3 is 15.4 Å². The summed E-state index contributed by atoms with van der Waals surface area (Å²) in [5.41, 5.74) is 7.24. The van der Waals surface area contributed by atoms with Crippen LogP contribution in [0.4, 0.5) is 5.69 Å². The van der Waals surface area contributed by atoms with E-state index >= 15 is 0 Å². The minimum Gasteiger partial charge on any atom is -0.381 e. The fourth-order valence-corrected chi connectivity index (χ4v) is 3.46. The van der Waals surface area contributed by atoms with Crippen LogP contribution in [-0.2, 0) is 4.74 Å². The summed E-state index contributed by atoms with van der Waals surface area (Å²) in [6.07, 6.45) is 3.10. The Hall–Kier alpha value is -1.07. The van der Waals surface area contributed by atoms with Crippen LogP contribution in [0, 0.1) is 0 Å². The predicted octanol–water partition coefficient (Wildman–Crippen LogP) is 2.52. The third-order valence-electron chi connectivity index (χ3n) is 3.97. The fourth-order valence-electron chi connectivity index (χ4n) is 3.00. The monoisotopic (exact) mass is 323 g/mol. The van der Waals surface area contributed by atoms with Gasteiger partial charge in [-0.1, -0.05) is 12.1 Å². The number of ether oxygens (including phenoxy) is 1. The average Bonchev–Trinajstić information content (AvgIpc) is 2.60. The molecular weight excluding hydrogens is 306 g/mol. The Morgan fingerprint density at radius 3 is 2.95 bits per heavy atom. The van der Waals surface area contributed by atoms with Gasteiger partial charge in [0, 0.05) is 17.7 Å². The first kappa shape index (κ1) is 12.9. The van der Waals surface area contributed by atoms with Gasteiger partial charge in [0.05, 0.1) is 17.8 Å². The zero-order chi connectivity index (χ0) is 13.3. The molecule has 1 unspecified atom stereocenters. The normalized spacial score (nSPS) is 27.4. The van der Waals surface area contributed by atoms with Gasteiger partial charge >= 0.3 is 0 Å². The number of hydrogen-bond acceptors (Lipinski definition) is 4. The molecule has 1 fully saturated rings. The quantitative estimate of drug-likeness (QED) is 0.864. The molecule has 2 N–H and O–H groups in total. The van der Waals surface area contributed by atoms with E-state index in [-0.39, 0.29) is 5.54 Å². The molecule has 1 aromatic carbocycles. The fraction of sp³-hybridized carbons (Fsp3) is 0.500. The van der Waals surface area contributed by atoms with Gasteiger partial charge in [0.25, 0.3) is 0 Å². The molecule has 2 aliphatic heterocycles. The number of nitrogens with zero attached hydrogens (tertiary/aromatic N) is 2. The highest BCUT2D eigenvalue weighted by atomic mass is 79.9. The van der Waals surface area contributed by atoms with Crippen molar-refractivity contribution in [3.8, 4) is 0 Å². The number of guanidine groups is 1. The van der Waals surface area contributed by atoms with Gasteiger partial charge in [0.2, 0.25) is 0 Å². The van der Waals surface area contributed by atoms with E-state index in [2.05, 4.69) is 31.9 Å². The van der Waals surface area contributed by atoms with Crippen LogP contribution < -0.4 is 10.6 Å². The highest BCUT2D eigenvalue weighted by Gasteiger charge is 2.43. The molecule has 1 saturated heterocycles. The molecule has 0 radical (unpaired) electrons. The molecule has 0 saturated carbocycles. The Balaban J connectivity index is 2.00. The molecule has 5 heteroatoms. The van der Waals surface area contributed by atoms with E-state index in [1.165, 1.54) is 0 Å². The molecule has 2 heterocycles. The predicted molar refractivity (Wildman–Crippen MR) is 80.5 cm³/mol. The molecule has 1 atom stereocenters. The summed E-state index contributed by atoms with van der Waals surface area (Å²) in [5.74, 6) is 0.619. The van der Waals surface area contributed by atoms with E-state index in [1.54, 1.807) is 0 Å².